The first-order chi connectivity index (χ1) is 12.6. The van der Waals surface area contributed by atoms with Crippen molar-refractivity contribution >= 4 is 27.8 Å². The van der Waals surface area contributed by atoms with E-state index in [0.717, 1.165) is 48.4 Å². The molecule has 0 unspecified atom stereocenters. The number of aliphatic hydroxyl groups excluding tert-OH is 1. The molecule has 5 nitrogen and oxygen atoms in total. The number of aliphatic imine (C=N–C) groups is 1. The van der Waals surface area contributed by atoms with Gasteiger partial charge < -0.3 is 14.7 Å². The predicted molar refractivity (Wildman–Crippen MR) is 108 cm³/mol. The van der Waals surface area contributed by atoms with E-state index < -0.39 is 0 Å². The third kappa shape index (κ3) is 4.37. The summed E-state index contributed by atoms with van der Waals surface area (Å²) in [6.45, 7) is 9.88. The van der Waals surface area contributed by atoms with Crippen molar-refractivity contribution in [3.05, 3.63) is 34.9 Å². The summed E-state index contributed by atoms with van der Waals surface area (Å²) < 4.78 is 5.38. The number of hydrogen-bond donors (Lipinski definition) is 1. The van der Waals surface area contributed by atoms with Crippen LogP contribution in [0.5, 0.6) is 0 Å². The molecular weight excluding hydrogens is 346 g/mol. The molecule has 0 bridgehead atoms. The lowest BCUT2D eigenvalue weighted by Crippen LogP contribution is -2.34. The van der Waals surface area contributed by atoms with Crippen LogP contribution in [0.15, 0.2) is 28.2 Å². The van der Waals surface area contributed by atoms with Gasteiger partial charge in [-0.1, -0.05) is 11.6 Å². The molecule has 2 heterocycles. The molecule has 2 aromatic rings. The Morgan fingerprint density at radius 2 is 2.15 bits per heavy atom. The highest BCUT2D eigenvalue weighted by Gasteiger charge is 2.24. The number of thioether (sulfide) groups is 1. The number of amidine groups is 1. The number of hydrogen-bond acceptors (Lipinski definition) is 5. The van der Waals surface area contributed by atoms with Gasteiger partial charge >= 0.3 is 0 Å². The van der Waals surface area contributed by atoms with Gasteiger partial charge in [-0.15, -0.1) is 0 Å². The minimum Gasteiger partial charge on any atom is -0.395 e. The fourth-order valence-electron chi connectivity index (χ4n) is 3.22. The third-order valence-corrected chi connectivity index (χ3v) is 5.50. The highest BCUT2D eigenvalue weighted by molar-refractivity contribution is 8.13. The number of benzene rings is 1. The van der Waals surface area contributed by atoms with Gasteiger partial charge in [-0.25, -0.2) is 4.98 Å². The highest BCUT2D eigenvalue weighted by Crippen LogP contribution is 2.34. The van der Waals surface area contributed by atoms with Crippen LogP contribution in [0.2, 0.25) is 0 Å². The van der Waals surface area contributed by atoms with Crippen molar-refractivity contribution in [3.63, 3.8) is 0 Å². The number of aliphatic hydroxyl groups is 1. The molecule has 0 amide bonds. The fraction of sp³-hybridized carbons (Fsp3) is 0.500. The lowest BCUT2D eigenvalue weighted by atomic mass is 10.1. The van der Waals surface area contributed by atoms with Gasteiger partial charge in [-0.05, 0) is 56.7 Å². The van der Waals surface area contributed by atoms with E-state index in [0.29, 0.717) is 6.54 Å². The van der Waals surface area contributed by atoms with E-state index in [1.807, 2.05) is 6.92 Å². The van der Waals surface area contributed by atoms with E-state index in [9.17, 15) is 5.11 Å². The highest BCUT2D eigenvalue weighted by atomic mass is 32.2. The maximum absolute atomic E-state index is 9.43. The van der Waals surface area contributed by atoms with Gasteiger partial charge in [-0.3, -0.25) is 4.99 Å². The number of aromatic nitrogens is 1. The molecule has 1 aromatic carbocycles. The molecule has 140 valence electrons. The molecule has 3 rings (SSSR count). The molecule has 1 N–H and O–H groups in total. The fourth-order valence-corrected chi connectivity index (χ4v) is 4.22. The van der Waals surface area contributed by atoms with Gasteiger partial charge in [0.15, 0.2) is 5.17 Å². The molecule has 0 fully saturated rings. The number of β-amino-alcohol motifs (C(OH)–C–C–N with tert-alkyl or cyclic N) is 1. The Balaban J connectivity index is 1.87. The van der Waals surface area contributed by atoms with E-state index in [4.69, 9.17) is 14.7 Å². The van der Waals surface area contributed by atoms with Crippen molar-refractivity contribution in [2.24, 2.45) is 4.99 Å². The molecule has 1 aromatic heterocycles. The van der Waals surface area contributed by atoms with Gasteiger partial charge in [-0.2, -0.15) is 0 Å². The molecule has 0 saturated carbocycles. The molecule has 1 aliphatic rings. The SMILES string of the molecule is CCOCCCN=C1Sc2nc3c(C)cc(C)cc3cc2CN1CCO. The first-order valence-electron chi connectivity index (χ1n) is 9.19. The number of fused-ring (bicyclic) bond motifs is 2. The minimum atomic E-state index is 0.118. The van der Waals surface area contributed by atoms with Crippen LogP contribution in [-0.4, -0.2) is 53.1 Å². The lowest BCUT2D eigenvalue weighted by Gasteiger charge is -2.30. The molecular formula is C20H27N3O2S. The van der Waals surface area contributed by atoms with Crippen LogP contribution in [0.1, 0.15) is 30.0 Å². The number of aryl methyl sites for hydroxylation is 2. The minimum absolute atomic E-state index is 0.118. The first kappa shape index (κ1) is 19.1. The maximum atomic E-state index is 9.43. The van der Waals surface area contributed by atoms with E-state index in [1.165, 1.54) is 22.1 Å². The van der Waals surface area contributed by atoms with Crippen molar-refractivity contribution in [2.45, 2.75) is 38.8 Å². The van der Waals surface area contributed by atoms with Crippen LogP contribution in [0.3, 0.4) is 0 Å². The number of rotatable bonds is 7. The average molecular weight is 374 g/mol. The zero-order chi connectivity index (χ0) is 18.5. The molecule has 0 radical (unpaired) electrons. The van der Waals surface area contributed by atoms with Crippen molar-refractivity contribution in [1.29, 1.82) is 0 Å². The molecule has 26 heavy (non-hydrogen) atoms. The Bertz CT molecular complexity index is 807. The van der Waals surface area contributed by atoms with Crippen LogP contribution in [0, 0.1) is 13.8 Å². The summed E-state index contributed by atoms with van der Waals surface area (Å²) in [7, 11) is 0. The predicted octanol–water partition coefficient (Wildman–Crippen LogP) is 3.53. The molecule has 0 spiro atoms. The summed E-state index contributed by atoms with van der Waals surface area (Å²) in [6.07, 6.45) is 0.904. The Morgan fingerprint density at radius 1 is 1.31 bits per heavy atom. The standard InChI is InChI=1S/C20H27N3O2S/c1-4-25-9-5-6-21-20-23(7-8-24)13-17-12-16-11-14(2)10-15(3)18(16)22-19(17)26-20/h10-12,24H,4-9,13H2,1-3H3. The summed E-state index contributed by atoms with van der Waals surface area (Å²) in [5.74, 6) is 0. The van der Waals surface area contributed by atoms with Crippen molar-refractivity contribution in [1.82, 2.24) is 9.88 Å². The summed E-state index contributed by atoms with van der Waals surface area (Å²) >= 11 is 1.61. The summed E-state index contributed by atoms with van der Waals surface area (Å²) in [4.78, 5) is 11.8. The van der Waals surface area contributed by atoms with Gasteiger partial charge in [0.1, 0.15) is 5.03 Å². The molecule has 0 aliphatic carbocycles. The second kappa shape index (κ2) is 8.84. The topological polar surface area (TPSA) is 58.0 Å². The molecule has 6 heteroatoms. The summed E-state index contributed by atoms with van der Waals surface area (Å²) in [5, 5.41) is 12.6. The molecule has 1 aliphatic heterocycles. The zero-order valence-electron chi connectivity index (χ0n) is 15.8. The maximum Gasteiger partial charge on any atom is 0.165 e. The van der Waals surface area contributed by atoms with Crippen molar-refractivity contribution in [2.75, 3.05) is 32.9 Å². The number of ether oxygens (including phenoxy) is 1. The first-order valence-corrected chi connectivity index (χ1v) is 10.0. The van der Waals surface area contributed by atoms with Gasteiger partial charge in [0, 0.05) is 43.8 Å². The quantitative estimate of drug-likeness (QED) is 0.753. The Hall–Kier alpha value is -1.63. The van der Waals surface area contributed by atoms with E-state index in [1.54, 1.807) is 11.8 Å². The Kier molecular flexibility index (Phi) is 6.51. The van der Waals surface area contributed by atoms with Crippen molar-refractivity contribution < 1.29 is 9.84 Å². The molecule has 0 atom stereocenters. The Labute approximate surface area is 159 Å². The van der Waals surface area contributed by atoms with E-state index in [-0.39, 0.29) is 6.61 Å². The summed E-state index contributed by atoms with van der Waals surface area (Å²) in [6, 6.07) is 6.60. The number of nitrogens with zero attached hydrogens (tertiary/aromatic N) is 3. The molecule has 0 saturated heterocycles. The van der Waals surface area contributed by atoms with Crippen LogP contribution < -0.4 is 0 Å². The van der Waals surface area contributed by atoms with Gasteiger partial charge in [0.05, 0.1) is 12.1 Å². The second-order valence-electron chi connectivity index (χ2n) is 6.57. The van der Waals surface area contributed by atoms with E-state index in [2.05, 4.69) is 36.9 Å². The lowest BCUT2D eigenvalue weighted by molar-refractivity contribution is 0.146. The second-order valence-corrected chi connectivity index (χ2v) is 7.52. The van der Waals surface area contributed by atoms with Crippen LogP contribution in [0.4, 0.5) is 0 Å². The summed E-state index contributed by atoms with van der Waals surface area (Å²) in [5.41, 5.74) is 4.72. The van der Waals surface area contributed by atoms with Crippen molar-refractivity contribution in [3.8, 4) is 0 Å². The van der Waals surface area contributed by atoms with Gasteiger partial charge in [0.25, 0.3) is 0 Å². The smallest absolute Gasteiger partial charge is 0.165 e. The Morgan fingerprint density at radius 3 is 2.92 bits per heavy atom. The third-order valence-electron chi connectivity index (χ3n) is 4.38. The average Bonchev–Trinajstić information content (AvgIpc) is 2.61. The number of pyridine rings is 1. The zero-order valence-corrected chi connectivity index (χ0v) is 16.6. The van der Waals surface area contributed by atoms with Crippen LogP contribution in [-0.2, 0) is 11.3 Å². The van der Waals surface area contributed by atoms with Gasteiger partial charge in [0.2, 0.25) is 0 Å². The van der Waals surface area contributed by atoms with E-state index >= 15 is 0 Å². The monoisotopic (exact) mass is 373 g/mol. The normalized spacial score (nSPS) is 15.7. The van der Waals surface area contributed by atoms with Crippen LogP contribution >= 0.6 is 11.8 Å². The largest absolute Gasteiger partial charge is 0.395 e. The van der Waals surface area contributed by atoms with Crippen LogP contribution in [0.25, 0.3) is 10.9 Å².